The summed E-state index contributed by atoms with van der Waals surface area (Å²) in [6, 6.07) is 16.4. The minimum Gasteiger partial charge on any atom is -0.481 e. The normalized spacial score (nSPS) is 11.6. The lowest BCUT2D eigenvalue weighted by molar-refractivity contribution is -0.130. The molecule has 0 aliphatic rings. The van der Waals surface area contributed by atoms with E-state index in [4.69, 9.17) is 9.47 Å². The van der Waals surface area contributed by atoms with Crippen molar-refractivity contribution in [3.8, 4) is 17.4 Å². The second-order valence-corrected chi connectivity index (χ2v) is 6.36. The van der Waals surface area contributed by atoms with E-state index in [1.807, 2.05) is 29.6 Å². The molecule has 0 radical (unpaired) electrons. The van der Waals surface area contributed by atoms with Crippen LogP contribution in [0.4, 0.5) is 0 Å². The summed E-state index contributed by atoms with van der Waals surface area (Å²) >= 11 is 3.43. The van der Waals surface area contributed by atoms with Crippen LogP contribution in [-0.4, -0.2) is 23.4 Å². The number of nitrogens with zero attached hydrogens (tertiary/aromatic N) is 1. The fourth-order valence-electron chi connectivity index (χ4n) is 2.27. The van der Waals surface area contributed by atoms with Crippen LogP contribution in [0, 0.1) is 0 Å². The Bertz CT molecular complexity index is 944. The summed E-state index contributed by atoms with van der Waals surface area (Å²) in [5.41, 5.74) is 0.826. The summed E-state index contributed by atoms with van der Waals surface area (Å²) in [5, 5.41) is 3.07. The molecule has 2 amide bonds. The van der Waals surface area contributed by atoms with Crippen LogP contribution in [0.2, 0.25) is 0 Å². The van der Waals surface area contributed by atoms with Crippen molar-refractivity contribution >= 4 is 39.2 Å². The predicted molar refractivity (Wildman–Crippen MR) is 100 cm³/mol. The van der Waals surface area contributed by atoms with Crippen molar-refractivity contribution in [1.29, 1.82) is 0 Å². The number of pyridine rings is 1. The molecule has 7 heteroatoms. The van der Waals surface area contributed by atoms with Gasteiger partial charge in [0, 0.05) is 15.9 Å². The smallest absolute Gasteiger partial charge is 0.267 e. The Labute approximate surface area is 158 Å². The number of amides is 2. The van der Waals surface area contributed by atoms with Crippen molar-refractivity contribution in [2.24, 2.45) is 0 Å². The van der Waals surface area contributed by atoms with Gasteiger partial charge in [0.15, 0.2) is 6.10 Å². The summed E-state index contributed by atoms with van der Waals surface area (Å²) in [4.78, 5) is 26.2. The molecule has 0 fully saturated rings. The van der Waals surface area contributed by atoms with Crippen LogP contribution < -0.4 is 14.8 Å². The van der Waals surface area contributed by atoms with E-state index in [2.05, 4.69) is 20.9 Å². The first kappa shape index (κ1) is 17.9. The van der Waals surface area contributed by atoms with Crippen LogP contribution in [0.5, 0.6) is 17.4 Å². The lowest BCUT2D eigenvalue weighted by Gasteiger charge is -2.13. The van der Waals surface area contributed by atoms with Gasteiger partial charge in [-0.05, 0) is 49.4 Å². The molecule has 1 N–H and O–H groups in total. The van der Waals surface area contributed by atoms with E-state index in [1.165, 1.54) is 0 Å². The van der Waals surface area contributed by atoms with Crippen LogP contribution in [0.15, 0.2) is 59.1 Å². The summed E-state index contributed by atoms with van der Waals surface area (Å²) in [7, 11) is 0. The van der Waals surface area contributed by atoms with Crippen LogP contribution in [0.1, 0.15) is 6.92 Å². The van der Waals surface area contributed by atoms with Crippen molar-refractivity contribution in [2.45, 2.75) is 13.0 Å². The molecule has 1 aromatic heterocycles. The number of ether oxygens (including phenoxy) is 2. The number of benzene rings is 2. The molecule has 3 aromatic rings. The number of hydrogen-bond donors (Lipinski definition) is 1. The van der Waals surface area contributed by atoms with Gasteiger partial charge in [-0.1, -0.05) is 22.0 Å². The van der Waals surface area contributed by atoms with Gasteiger partial charge >= 0.3 is 0 Å². The first-order chi connectivity index (χ1) is 12.5. The fourth-order valence-corrected chi connectivity index (χ4v) is 2.62. The van der Waals surface area contributed by atoms with E-state index in [1.54, 1.807) is 37.3 Å². The van der Waals surface area contributed by atoms with E-state index in [-0.39, 0.29) is 0 Å². The molecule has 3 rings (SSSR count). The second-order valence-electron chi connectivity index (χ2n) is 5.45. The number of aromatic nitrogens is 1. The minimum atomic E-state index is -0.785. The Morgan fingerprint density at radius 3 is 2.54 bits per heavy atom. The first-order valence-electron chi connectivity index (χ1n) is 7.80. The largest absolute Gasteiger partial charge is 0.481 e. The quantitative estimate of drug-likeness (QED) is 0.620. The zero-order valence-corrected chi connectivity index (χ0v) is 15.4. The number of carbonyl (C=O) groups excluding carboxylic acids is 2. The van der Waals surface area contributed by atoms with Gasteiger partial charge in [0.2, 0.25) is 12.3 Å². The number of nitrogens with one attached hydrogen (secondary N) is 1. The molecular formula is C19H15BrN2O4. The molecule has 6 nitrogen and oxygen atoms in total. The Kier molecular flexibility index (Phi) is 5.48. The second kappa shape index (κ2) is 7.97. The number of fused-ring (bicyclic) bond motifs is 1. The Morgan fingerprint density at radius 1 is 1.12 bits per heavy atom. The Morgan fingerprint density at radius 2 is 1.81 bits per heavy atom. The van der Waals surface area contributed by atoms with Crippen LogP contribution in [-0.2, 0) is 9.59 Å². The molecule has 1 atom stereocenters. The lowest BCUT2D eigenvalue weighted by Crippen LogP contribution is -2.35. The average molecular weight is 415 g/mol. The molecule has 26 heavy (non-hydrogen) atoms. The summed E-state index contributed by atoms with van der Waals surface area (Å²) in [6.07, 6.45) is -0.457. The monoisotopic (exact) mass is 414 g/mol. The minimum absolute atomic E-state index is 0.328. The van der Waals surface area contributed by atoms with Gasteiger partial charge in [-0.2, -0.15) is 0 Å². The summed E-state index contributed by atoms with van der Waals surface area (Å²) < 4.78 is 12.2. The van der Waals surface area contributed by atoms with Gasteiger partial charge in [-0.3, -0.25) is 14.9 Å². The Hall–Kier alpha value is -2.93. The average Bonchev–Trinajstić information content (AvgIpc) is 2.63. The molecule has 1 heterocycles. The van der Waals surface area contributed by atoms with Gasteiger partial charge in [0.25, 0.3) is 5.91 Å². The molecule has 0 aliphatic carbocycles. The van der Waals surface area contributed by atoms with Crippen molar-refractivity contribution in [3.63, 3.8) is 0 Å². The number of imide groups is 1. The maximum atomic E-state index is 11.5. The number of rotatable bonds is 6. The zero-order valence-electron chi connectivity index (χ0n) is 13.8. The van der Waals surface area contributed by atoms with Gasteiger partial charge in [-0.25, -0.2) is 4.98 Å². The van der Waals surface area contributed by atoms with Gasteiger partial charge < -0.3 is 9.47 Å². The topological polar surface area (TPSA) is 77.5 Å². The molecule has 0 spiro atoms. The molecular weight excluding hydrogens is 400 g/mol. The number of carbonyl (C=O) groups is 2. The first-order valence-corrected chi connectivity index (χ1v) is 8.59. The number of hydrogen-bond acceptors (Lipinski definition) is 5. The van der Waals surface area contributed by atoms with E-state index < -0.39 is 12.0 Å². The van der Waals surface area contributed by atoms with Crippen LogP contribution in [0.25, 0.3) is 10.9 Å². The fraction of sp³-hybridized carbons (Fsp3) is 0.105. The van der Waals surface area contributed by atoms with Crippen molar-refractivity contribution in [3.05, 3.63) is 59.1 Å². The van der Waals surface area contributed by atoms with Crippen molar-refractivity contribution < 1.29 is 19.1 Å². The summed E-state index contributed by atoms with van der Waals surface area (Å²) in [6.45, 7) is 1.56. The zero-order chi connectivity index (χ0) is 18.5. The predicted octanol–water partition coefficient (Wildman–Crippen LogP) is 3.83. The highest BCUT2D eigenvalue weighted by molar-refractivity contribution is 9.10. The SMILES string of the molecule is CC(Oc1ccc(Oc2ccc3ccc(Br)cc3n2)cc1)C(=O)NC=O. The van der Waals surface area contributed by atoms with Gasteiger partial charge in [0.1, 0.15) is 11.5 Å². The van der Waals surface area contributed by atoms with E-state index in [0.29, 0.717) is 23.8 Å². The van der Waals surface area contributed by atoms with Crippen molar-refractivity contribution in [2.75, 3.05) is 0 Å². The van der Waals surface area contributed by atoms with Crippen LogP contribution in [0.3, 0.4) is 0 Å². The highest BCUT2D eigenvalue weighted by Gasteiger charge is 2.13. The maximum Gasteiger partial charge on any atom is 0.267 e. The maximum absolute atomic E-state index is 11.5. The molecule has 1 unspecified atom stereocenters. The highest BCUT2D eigenvalue weighted by Crippen LogP contribution is 2.26. The van der Waals surface area contributed by atoms with E-state index in [0.717, 1.165) is 15.4 Å². The van der Waals surface area contributed by atoms with E-state index >= 15 is 0 Å². The highest BCUT2D eigenvalue weighted by atomic mass is 79.9. The third-order valence-corrected chi connectivity index (χ3v) is 4.05. The standard InChI is InChI=1S/C19H15BrN2O4/c1-12(19(24)21-11-23)25-15-5-7-16(8-6-15)26-18-9-3-13-2-4-14(20)10-17(13)22-18/h2-12H,1H3,(H,21,23,24). The molecule has 132 valence electrons. The van der Waals surface area contributed by atoms with E-state index in [9.17, 15) is 9.59 Å². The molecule has 2 aromatic carbocycles. The lowest BCUT2D eigenvalue weighted by atomic mass is 10.2. The molecule has 0 saturated carbocycles. The third kappa shape index (κ3) is 4.37. The van der Waals surface area contributed by atoms with Gasteiger partial charge in [0.05, 0.1) is 5.52 Å². The van der Waals surface area contributed by atoms with Crippen LogP contribution >= 0.6 is 15.9 Å². The summed E-state index contributed by atoms with van der Waals surface area (Å²) in [5.74, 6) is 1.04. The third-order valence-electron chi connectivity index (χ3n) is 3.56. The van der Waals surface area contributed by atoms with Gasteiger partial charge in [-0.15, -0.1) is 0 Å². The number of halogens is 1. The Balaban J connectivity index is 1.69. The molecule has 0 bridgehead atoms. The molecule has 0 saturated heterocycles. The van der Waals surface area contributed by atoms with Crippen molar-refractivity contribution in [1.82, 2.24) is 10.3 Å². The molecule has 0 aliphatic heterocycles.